The molecule has 1 amide bonds. The molecule has 0 unspecified atom stereocenters. The number of rotatable bonds is 2. The SMILES string of the molecule is O=C(c1cc(=O)[nH]c(=O)[nH]1)N1CC[C@H](c2ccccc2)S(=O)(=O)CC1. The minimum atomic E-state index is -3.41. The van der Waals surface area contributed by atoms with Gasteiger partial charge in [-0.2, -0.15) is 0 Å². The summed E-state index contributed by atoms with van der Waals surface area (Å²) in [5, 5.41) is -0.676. The molecule has 1 aromatic carbocycles. The number of aromatic amines is 2. The number of amides is 1. The Morgan fingerprint density at radius 1 is 1.08 bits per heavy atom. The minimum absolute atomic E-state index is 0.0132. The molecule has 1 atom stereocenters. The summed E-state index contributed by atoms with van der Waals surface area (Å²) in [6.07, 6.45) is 0.255. The third kappa shape index (κ3) is 3.71. The van der Waals surface area contributed by atoms with Crippen LogP contribution in [-0.4, -0.2) is 48.0 Å². The van der Waals surface area contributed by atoms with Crippen LogP contribution in [0.5, 0.6) is 0 Å². The highest BCUT2D eigenvalue weighted by molar-refractivity contribution is 7.91. The summed E-state index contributed by atoms with van der Waals surface area (Å²) < 4.78 is 25.1. The molecule has 1 aliphatic rings. The van der Waals surface area contributed by atoms with Gasteiger partial charge >= 0.3 is 5.69 Å². The second kappa shape index (κ2) is 6.67. The van der Waals surface area contributed by atoms with Gasteiger partial charge in [-0.3, -0.25) is 14.6 Å². The van der Waals surface area contributed by atoms with Crippen molar-refractivity contribution in [2.45, 2.75) is 11.7 Å². The van der Waals surface area contributed by atoms with Crippen LogP contribution in [0.1, 0.15) is 27.7 Å². The maximum atomic E-state index is 12.6. The van der Waals surface area contributed by atoms with Crippen LogP contribution in [0.15, 0.2) is 46.0 Å². The van der Waals surface area contributed by atoms with E-state index in [1.165, 1.54) is 4.90 Å². The van der Waals surface area contributed by atoms with E-state index < -0.39 is 32.2 Å². The maximum absolute atomic E-state index is 12.6. The molecule has 9 heteroatoms. The summed E-state index contributed by atoms with van der Waals surface area (Å²) in [5.41, 5.74) is -0.914. The Labute approximate surface area is 143 Å². The van der Waals surface area contributed by atoms with Gasteiger partial charge in [-0.1, -0.05) is 30.3 Å². The Morgan fingerprint density at radius 3 is 2.48 bits per heavy atom. The van der Waals surface area contributed by atoms with Crippen molar-refractivity contribution in [2.75, 3.05) is 18.8 Å². The molecule has 25 heavy (non-hydrogen) atoms. The number of aromatic nitrogens is 2. The van der Waals surface area contributed by atoms with Crippen LogP contribution in [0, 0.1) is 0 Å². The van der Waals surface area contributed by atoms with Crippen LogP contribution >= 0.6 is 0 Å². The number of H-pyrrole nitrogens is 2. The van der Waals surface area contributed by atoms with Gasteiger partial charge in [0.1, 0.15) is 5.69 Å². The first kappa shape index (κ1) is 17.2. The predicted octanol–water partition coefficient (Wildman–Crippen LogP) is 0.0652. The van der Waals surface area contributed by atoms with E-state index in [4.69, 9.17) is 0 Å². The summed E-state index contributed by atoms with van der Waals surface area (Å²) in [6, 6.07) is 9.88. The lowest BCUT2D eigenvalue weighted by atomic mass is 10.1. The number of nitrogens with one attached hydrogen (secondary N) is 2. The van der Waals surface area contributed by atoms with Crippen molar-refractivity contribution in [3.05, 3.63) is 68.5 Å². The zero-order chi connectivity index (χ0) is 18.0. The van der Waals surface area contributed by atoms with E-state index in [1.54, 1.807) is 24.3 Å². The van der Waals surface area contributed by atoms with Gasteiger partial charge in [-0.05, 0) is 12.0 Å². The van der Waals surface area contributed by atoms with Gasteiger partial charge in [0.05, 0.1) is 11.0 Å². The number of carbonyl (C=O) groups is 1. The zero-order valence-corrected chi connectivity index (χ0v) is 14.1. The molecule has 1 aliphatic heterocycles. The van der Waals surface area contributed by atoms with Gasteiger partial charge in [-0.25, -0.2) is 13.2 Å². The Kier molecular flexibility index (Phi) is 4.58. The normalized spacial score (nSPS) is 20.0. The molecule has 1 saturated heterocycles. The third-order valence-electron chi connectivity index (χ3n) is 4.19. The van der Waals surface area contributed by atoms with Crippen molar-refractivity contribution in [3.8, 4) is 0 Å². The second-order valence-corrected chi connectivity index (χ2v) is 8.15. The molecule has 8 nitrogen and oxygen atoms in total. The molecule has 0 radical (unpaired) electrons. The summed E-state index contributed by atoms with van der Waals surface area (Å²) in [6.45, 7) is 0.228. The Morgan fingerprint density at radius 2 is 1.80 bits per heavy atom. The Hall–Kier alpha value is -2.68. The van der Waals surface area contributed by atoms with Crippen molar-refractivity contribution in [1.29, 1.82) is 0 Å². The maximum Gasteiger partial charge on any atom is 0.326 e. The largest absolute Gasteiger partial charge is 0.336 e. The summed E-state index contributed by atoms with van der Waals surface area (Å²) in [4.78, 5) is 40.8. The third-order valence-corrected chi connectivity index (χ3v) is 6.32. The average Bonchev–Trinajstić information content (AvgIpc) is 2.72. The van der Waals surface area contributed by atoms with Crippen molar-refractivity contribution >= 4 is 15.7 Å². The van der Waals surface area contributed by atoms with E-state index >= 15 is 0 Å². The van der Waals surface area contributed by atoms with Crippen LogP contribution in [0.25, 0.3) is 0 Å². The first-order valence-corrected chi connectivity index (χ1v) is 9.48. The first-order chi connectivity index (χ1) is 11.9. The first-order valence-electron chi connectivity index (χ1n) is 7.76. The van der Waals surface area contributed by atoms with E-state index in [2.05, 4.69) is 4.98 Å². The highest BCUT2D eigenvalue weighted by Gasteiger charge is 2.33. The highest BCUT2D eigenvalue weighted by Crippen LogP contribution is 2.29. The molecule has 0 aliphatic carbocycles. The number of carbonyl (C=O) groups excluding carboxylic acids is 1. The molecule has 1 aromatic heterocycles. The van der Waals surface area contributed by atoms with Crippen LogP contribution in [0.3, 0.4) is 0 Å². The Bertz CT molecular complexity index is 966. The van der Waals surface area contributed by atoms with Gasteiger partial charge in [-0.15, -0.1) is 0 Å². The van der Waals surface area contributed by atoms with E-state index in [9.17, 15) is 22.8 Å². The quantitative estimate of drug-likeness (QED) is 0.782. The number of sulfone groups is 1. The fourth-order valence-corrected chi connectivity index (χ4v) is 4.74. The lowest BCUT2D eigenvalue weighted by Crippen LogP contribution is -2.36. The summed E-state index contributed by atoms with van der Waals surface area (Å²) in [5.74, 6) is -0.738. The van der Waals surface area contributed by atoms with Gasteiger partial charge in [0.25, 0.3) is 11.5 Å². The number of hydrogen-bond donors (Lipinski definition) is 2. The topological polar surface area (TPSA) is 120 Å². The smallest absolute Gasteiger partial charge is 0.326 e. The van der Waals surface area contributed by atoms with Crippen molar-refractivity contribution in [3.63, 3.8) is 0 Å². The zero-order valence-electron chi connectivity index (χ0n) is 13.3. The van der Waals surface area contributed by atoms with E-state index in [0.717, 1.165) is 6.07 Å². The van der Waals surface area contributed by atoms with Gasteiger partial charge < -0.3 is 9.88 Å². The van der Waals surface area contributed by atoms with Crippen LogP contribution in [0.2, 0.25) is 0 Å². The lowest BCUT2D eigenvalue weighted by Gasteiger charge is -2.19. The molecule has 1 fully saturated rings. The number of hydrogen-bond acceptors (Lipinski definition) is 5. The van der Waals surface area contributed by atoms with Crippen LogP contribution in [-0.2, 0) is 9.84 Å². The van der Waals surface area contributed by atoms with Gasteiger partial charge in [0.2, 0.25) is 0 Å². The molecular formula is C16H17N3O5S. The fraction of sp³-hybridized carbons (Fsp3) is 0.312. The van der Waals surface area contributed by atoms with E-state index in [1.807, 2.05) is 11.1 Å². The minimum Gasteiger partial charge on any atom is -0.336 e. The Balaban J connectivity index is 1.86. The van der Waals surface area contributed by atoms with Crippen LogP contribution in [0.4, 0.5) is 0 Å². The van der Waals surface area contributed by atoms with Gasteiger partial charge in [0.15, 0.2) is 9.84 Å². The standard InChI is InChI=1S/C16H17N3O5S/c20-14-10-12(17-16(22)18-14)15(21)19-7-6-13(25(23,24)9-8-19)11-4-2-1-3-5-11/h1-5,10,13H,6-9H2,(H2,17,18,20,22)/t13-/m1/s1. The second-order valence-electron chi connectivity index (χ2n) is 5.85. The molecule has 3 rings (SSSR count). The average molecular weight is 363 g/mol. The molecule has 0 spiro atoms. The van der Waals surface area contributed by atoms with Crippen molar-refractivity contribution in [2.24, 2.45) is 0 Å². The van der Waals surface area contributed by atoms with Gasteiger partial charge in [0, 0.05) is 19.2 Å². The number of nitrogens with zero attached hydrogens (tertiary/aromatic N) is 1. The molecular weight excluding hydrogens is 346 g/mol. The molecule has 2 N–H and O–H groups in total. The fourth-order valence-electron chi connectivity index (χ4n) is 2.94. The number of benzene rings is 1. The molecule has 2 aromatic rings. The summed E-state index contributed by atoms with van der Waals surface area (Å²) in [7, 11) is -3.41. The predicted molar refractivity (Wildman–Crippen MR) is 91.2 cm³/mol. The summed E-state index contributed by atoms with van der Waals surface area (Å²) >= 11 is 0. The molecule has 0 bridgehead atoms. The molecule has 132 valence electrons. The monoisotopic (exact) mass is 363 g/mol. The van der Waals surface area contributed by atoms with Crippen molar-refractivity contribution < 1.29 is 13.2 Å². The molecule has 2 heterocycles. The van der Waals surface area contributed by atoms with Crippen molar-refractivity contribution in [1.82, 2.24) is 14.9 Å². The lowest BCUT2D eigenvalue weighted by molar-refractivity contribution is 0.0760. The molecule has 0 saturated carbocycles. The van der Waals surface area contributed by atoms with Crippen LogP contribution < -0.4 is 11.2 Å². The highest BCUT2D eigenvalue weighted by atomic mass is 32.2. The van der Waals surface area contributed by atoms with E-state index in [0.29, 0.717) is 5.56 Å². The van der Waals surface area contributed by atoms with E-state index in [-0.39, 0.29) is 31.0 Å².